The summed E-state index contributed by atoms with van der Waals surface area (Å²) in [6.07, 6.45) is 8.31. The fourth-order valence-corrected chi connectivity index (χ4v) is 3.07. The van der Waals surface area contributed by atoms with Crippen LogP contribution in [0.25, 0.3) is 6.08 Å². The van der Waals surface area contributed by atoms with Crippen LogP contribution < -0.4 is 4.74 Å². The molecule has 0 atom stereocenters. The van der Waals surface area contributed by atoms with Crippen LogP contribution in [0.4, 0.5) is 4.39 Å². The third kappa shape index (κ3) is 4.88. The van der Waals surface area contributed by atoms with E-state index in [1.165, 1.54) is 36.8 Å². The lowest BCUT2D eigenvalue weighted by Gasteiger charge is -2.19. The van der Waals surface area contributed by atoms with Crippen molar-refractivity contribution in [1.29, 1.82) is 0 Å². The standard InChI is InChI=1S/C22H21FO3/c23-19-11-9-17(10-12-19)21(24)15-8-16-6-13-20(14-7-16)26-22(25)18-4-2-1-3-5-18/h6-15,18H,1-5H2/b15-8-. The molecule has 4 heteroatoms. The van der Waals surface area contributed by atoms with E-state index in [4.69, 9.17) is 4.74 Å². The minimum absolute atomic E-state index is 0.0108. The zero-order valence-corrected chi connectivity index (χ0v) is 14.5. The summed E-state index contributed by atoms with van der Waals surface area (Å²) in [5.41, 5.74) is 1.25. The molecule has 0 bridgehead atoms. The van der Waals surface area contributed by atoms with Gasteiger partial charge in [0.1, 0.15) is 11.6 Å². The molecule has 0 aromatic heterocycles. The zero-order chi connectivity index (χ0) is 18.4. The lowest BCUT2D eigenvalue weighted by atomic mass is 9.89. The molecule has 0 radical (unpaired) electrons. The van der Waals surface area contributed by atoms with Crippen LogP contribution >= 0.6 is 0 Å². The first-order chi connectivity index (χ1) is 12.6. The molecule has 1 aliphatic carbocycles. The largest absolute Gasteiger partial charge is 0.426 e. The fraction of sp³-hybridized carbons (Fsp3) is 0.273. The molecule has 0 spiro atoms. The number of carbonyl (C=O) groups excluding carboxylic acids is 2. The van der Waals surface area contributed by atoms with Crippen molar-refractivity contribution < 1.29 is 18.7 Å². The van der Waals surface area contributed by atoms with E-state index < -0.39 is 0 Å². The summed E-state index contributed by atoms with van der Waals surface area (Å²) in [5, 5.41) is 0. The summed E-state index contributed by atoms with van der Waals surface area (Å²) in [5.74, 6) is -0.194. The van der Waals surface area contributed by atoms with Gasteiger partial charge in [-0.2, -0.15) is 0 Å². The van der Waals surface area contributed by atoms with Crippen molar-refractivity contribution in [2.45, 2.75) is 32.1 Å². The molecule has 1 aliphatic rings. The molecule has 0 N–H and O–H groups in total. The molecule has 3 rings (SSSR count). The highest BCUT2D eigenvalue weighted by molar-refractivity contribution is 6.06. The molecule has 134 valence electrons. The average molecular weight is 352 g/mol. The first-order valence-electron chi connectivity index (χ1n) is 8.91. The SMILES string of the molecule is O=C(/C=C\c1ccc(OC(=O)C2CCCCC2)cc1)c1ccc(F)cc1. The van der Waals surface area contributed by atoms with Gasteiger partial charge in [-0.25, -0.2) is 4.39 Å². The second-order valence-corrected chi connectivity index (χ2v) is 6.53. The number of ketones is 1. The van der Waals surface area contributed by atoms with E-state index in [9.17, 15) is 14.0 Å². The van der Waals surface area contributed by atoms with E-state index in [-0.39, 0.29) is 23.5 Å². The number of esters is 1. The Hall–Kier alpha value is -2.75. The quantitative estimate of drug-likeness (QED) is 0.321. The van der Waals surface area contributed by atoms with Crippen LogP contribution in [-0.2, 0) is 4.79 Å². The van der Waals surface area contributed by atoms with Gasteiger partial charge in [0.15, 0.2) is 5.78 Å². The van der Waals surface area contributed by atoms with Crippen molar-refractivity contribution in [1.82, 2.24) is 0 Å². The first kappa shape index (κ1) is 18.1. The van der Waals surface area contributed by atoms with E-state index in [0.29, 0.717) is 11.3 Å². The van der Waals surface area contributed by atoms with Gasteiger partial charge in [0.2, 0.25) is 0 Å². The van der Waals surface area contributed by atoms with Gasteiger partial charge in [0.25, 0.3) is 0 Å². The highest BCUT2D eigenvalue weighted by Gasteiger charge is 2.22. The monoisotopic (exact) mass is 352 g/mol. The first-order valence-corrected chi connectivity index (χ1v) is 8.91. The molecule has 26 heavy (non-hydrogen) atoms. The number of hydrogen-bond acceptors (Lipinski definition) is 3. The lowest BCUT2D eigenvalue weighted by molar-refractivity contribution is -0.139. The highest BCUT2D eigenvalue weighted by atomic mass is 19.1. The van der Waals surface area contributed by atoms with E-state index in [0.717, 1.165) is 31.2 Å². The van der Waals surface area contributed by atoms with Crippen LogP contribution in [0, 0.1) is 11.7 Å². The van der Waals surface area contributed by atoms with Crippen molar-refractivity contribution >= 4 is 17.8 Å². The van der Waals surface area contributed by atoms with Gasteiger partial charge in [0.05, 0.1) is 5.92 Å². The zero-order valence-electron chi connectivity index (χ0n) is 14.5. The molecule has 1 saturated carbocycles. The molecule has 1 fully saturated rings. The Morgan fingerprint density at radius 1 is 0.923 bits per heavy atom. The molecule has 3 nitrogen and oxygen atoms in total. The van der Waals surface area contributed by atoms with E-state index >= 15 is 0 Å². The number of carbonyl (C=O) groups is 2. The smallest absolute Gasteiger partial charge is 0.314 e. The van der Waals surface area contributed by atoms with Crippen molar-refractivity contribution in [3.8, 4) is 5.75 Å². The summed E-state index contributed by atoms with van der Waals surface area (Å²) >= 11 is 0. The summed E-state index contributed by atoms with van der Waals surface area (Å²) in [4.78, 5) is 24.2. The maximum Gasteiger partial charge on any atom is 0.314 e. The van der Waals surface area contributed by atoms with Crippen LogP contribution in [-0.4, -0.2) is 11.8 Å². The van der Waals surface area contributed by atoms with Crippen molar-refractivity contribution in [2.24, 2.45) is 5.92 Å². The molecule has 0 heterocycles. The number of halogens is 1. The lowest BCUT2D eigenvalue weighted by Crippen LogP contribution is -2.22. The van der Waals surface area contributed by atoms with Crippen molar-refractivity contribution in [3.63, 3.8) is 0 Å². The second-order valence-electron chi connectivity index (χ2n) is 6.53. The van der Waals surface area contributed by atoms with E-state index in [2.05, 4.69) is 0 Å². The summed E-state index contributed by atoms with van der Waals surface area (Å²) < 4.78 is 18.3. The van der Waals surface area contributed by atoms with Crippen molar-refractivity contribution in [2.75, 3.05) is 0 Å². The van der Waals surface area contributed by atoms with Crippen LogP contribution in [0.2, 0.25) is 0 Å². The Morgan fingerprint density at radius 2 is 1.58 bits per heavy atom. The Balaban J connectivity index is 1.57. The minimum Gasteiger partial charge on any atom is -0.426 e. The van der Waals surface area contributed by atoms with Gasteiger partial charge < -0.3 is 4.74 Å². The number of benzene rings is 2. The van der Waals surface area contributed by atoms with Gasteiger partial charge in [-0.15, -0.1) is 0 Å². The Labute approximate surface area is 152 Å². The number of ether oxygens (including phenoxy) is 1. The van der Waals surface area contributed by atoms with Gasteiger partial charge in [-0.3, -0.25) is 9.59 Å². The predicted octanol–water partition coefficient (Wildman–Crippen LogP) is 5.21. The Morgan fingerprint density at radius 3 is 2.23 bits per heavy atom. The molecule has 0 unspecified atom stereocenters. The van der Waals surface area contributed by atoms with Crippen LogP contribution in [0.15, 0.2) is 54.6 Å². The van der Waals surface area contributed by atoms with Gasteiger partial charge in [-0.05, 0) is 60.9 Å². The van der Waals surface area contributed by atoms with E-state index in [1.54, 1.807) is 30.3 Å². The maximum absolute atomic E-state index is 12.9. The Bertz CT molecular complexity index is 785. The normalized spacial score (nSPS) is 15.1. The third-order valence-electron chi connectivity index (χ3n) is 4.59. The predicted molar refractivity (Wildman–Crippen MR) is 98.4 cm³/mol. The summed E-state index contributed by atoms with van der Waals surface area (Å²) in [7, 11) is 0. The number of allylic oxidation sites excluding steroid dienone is 1. The molecule has 2 aromatic rings. The Kier molecular flexibility index (Phi) is 5.95. The molecular formula is C22H21FO3. The minimum atomic E-state index is -0.371. The summed E-state index contributed by atoms with van der Waals surface area (Å²) in [6.45, 7) is 0. The average Bonchev–Trinajstić information content (AvgIpc) is 2.68. The topological polar surface area (TPSA) is 43.4 Å². The fourth-order valence-electron chi connectivity index (χ4n) is 3.07. The molecule has 0 amide bonds. The maximum atomic E-state index is 12.9. The van der Waals surface area contributed by atoms with Gasteiger partial charge >= 0.3 is 5.97 Å². The molecular weight excluding hydrogens is 331 g/mol. The van der Waals surface area contributed by atoms with Crippen molar-refractivity contribution in [3.05, 3.63) is 71.6 Å². The molecule has 0 saturated heterocycles. The van der Waals surface area contributed by atoms with Crippen LogP contribution in [0.5, 0.6) is 5.75 Å². The number of hydrogen-bond donors (Lipinski definition) is 0. The van der Waals surface area contributed by atoms with Crippen LogP contribution in [0.1, 0.15) is 48.0 Å². The molecule has 2 aromatic carbocycles. The van der Waals surface area contributed by atoms with E-state index in [1.807, 2.05) is 0 Å². The number of rotatable bonds is 5. The summed E-state index contributed by atoms with van der Waals surface area (Å²) in [6, 6.07) is 12.5. The highest BCUT2D eigenvalue weighted by Crippen LogP contribution is 2.25. The van der Waals surface area contributed by atoms with Gasteiger partial charge in [-0.1, -0.05) is 37.5 Å². The third-order valence-corrected chi connectivity index (χ3v) is 4.59. The van der Waals surface area contributed by atoms with Gasteiger partial charge in [0, 0.05) is 5.56 Å². The van der Waals surface area contributed by atoms with Crippen LogP contribution in [0.3, 0.4) is 0 Å². The molecule has 0 aliphatic heterocycles. The second kappa shape index (κ2) is 8.56.